The molecule has 5 heteroatoms. The lowest BCUT2D eigenvalue weighted by molar-refractivity contribution is 0.102. The highest BCUT2D eigenvalue weighted by atomic mass is 16.5. The van der Waals surface area contributed by atoms with Gasteiger partial charge in [0, 0.05) is 11.3 Å². The van der Waals surface area contributed by atoms with Gasteiger partial charge in [-0.25, -0.2) is 4.98 Å². The van der Waals surface area contributed by atoms with Crippen LogP contribution >= 0.6 is 0 Å². The van der Waals surface area contributed by atoms with E-state index in [0.717, 1.165) is 23.1 Å². The minimum absolute atomic E-state index is 0.223. The molecule has 4 aromatic rings. The third-order valence-electron chi connectivity index (χ3n) is 5.33. The van der Waals surface area contributed by atoms with Crippen molar-refractivity contribution in [2.75, 3.05) is 12.4 Å². The van der Waals surface area contributed by atoms with Gasteiger partial charge in [0.1, 0.15) is 11.3 Å². The average Bonchev–Trinajstić information content (AvgIpc) is 3.22. The van der Waals surface area contributed by atoms with Gasteiger partial charge in [0.15, 0.2) is 5.58 Å². The zero-order valence-corrected chi connectivity index (χ0v) is 17.3. The normalized spacial score (nSPS) is 12.0. The van der Waals surface area contributed by atoms with Crippen molar-refractivity contribution in [2.45, 2.75) is 26.2 Å². The van der Waals surface area contributed by atoms with Gasteiger partial charge in [-0.2, -0.15) is 0 Å². The summed E-state index contributed by atoms with van der Waals surface area (Å²) >= 11 is 0. The number of fused-ring (bicyclic) bond motifs is 1. The Morgan fingerprint density at radius 1 is 1.10 bits per heavy atom. The number of oxazole rings is 1. The van der Waals surface area contributed by atoms with E-state index in [0.29, 0.717) is 28.8 Å². The van der Waals surface area contributed by atoms with Gasteiger partial charge < -0.3 is 14.5 Å². The van der Waals surface area contributed by atoms with Gasteiger partial charge in [-0.1, -0.05) is 32.0 Å². The first-order valence-corrected chi connectivity index (χ1v) is 10.0. The van der Waals surface area contributed by atoms with Crippen LogP contribution in [-0.2, 0) is 0 Å². The number of anilines is 1. The molecule has 0 fully saturated rings. The summed E-state index contributed by atoms with van der Waals surface area (Å²) in [5, 5.41) is 2.89. The quantitative estimate of drug-likeness (QED) is 0.414. The Bertz CT molecular complexity index is 1180. The standard InChI is InChI=1S/C25H24N2O3/c1-4-16(2)18-11-14-23-21(15-18)27-25(30-23)17-9-12-19(13-10-17)26-24(28)20-7-5-6-8-22(20)29-3/h5-16H,4H2,1-3H3,(H,26,28). The molecule has 0 aliphatic rings. The minimum Gasteiger partial charge on any atom is -0.496 e. The molecular weight excluding hydrogens is 376 g/mol. The van der Waals surface area contributed by atoms with Gasteiger partial charge in [0.25, 0.3) is 5.91 Å². The number of para-hydroxylation sites is 1. The Morgan fingerprint density at radius 2 is 1.87 bits per heavy atom. The summed E-state index contributed by atoms with van der Waals surface area (Å²) in [4.78, 5) is 17.2. The van der Waals surface area contributed by atoms with E-state index in [2.05, 4.69) is 36.3 Å². The van der Waals surface area contributed by atoms with Crippen LogP contribution in [0.25, 0.3) is 22.6 Å². The molecule has 3 aromatic carbocycles. The van der Waals surface area contributed by atoms with Crippen molar-refractivity contribution in [3.63, 3.8) is 0 Å². The number of nitrogens with zero attached hydrogens (tertiary/aromatic N) is 1. The first-order valence-electron chi connectivity index (χ1n) is 10.0. The van der Waals surface area contributed by atoms with Crippen LogP contribution in [0.15, 0.2) is 71.1 Å². The fourth-order valence-corrected chi connectivity index (χ4v) is 3.34. The maximum Gasteiger partial charge on any atom is 0.259 e. The topological polar surface area (TPSA) is 64.4 Å². The fraction of sp³-hybridized carbons (Fsp3) is 0.200. The molecule has 1 atom stereocenters. The number of benzene rings is 3. The first kappa shape index (κ1) is 19.7. The lowest BCUT2D eigenvalue weighted by Gasteiger charge is -2.09. The molecule has 5 nitrogen and oxygen atoms in total. The number of methoxy groups -OCH3 is 1. The smallest absolute Gasteiger partial charge is 0.259 e. The number of carbonyl (C=O) groups excluding carboxylic acids is 1. The number of hydrogen-bond acceptors (Lipinski definition) is 4. The molecule has 1 amide bonds. The van der Waals surface area contributed by atoms with E-state index in [4.69, 9.17) is 9.15 Å². The number of rotatable bonds is 6. The van der Waals surface area contributed by atoms with Crippen LogP contribution in [-0.4, -0.2) is 18.0 Å². The molecule has 1 unspecified atom stereocenters. The largest absolute Gasteiger partial charge is 0.496 e. The maximum absolute atomic E-state index is 12.6. The SMILES string of the molecule is CCC(C)c1ccc2oc(-c3ccc(NC(=O)c4ccccc4OC)cc3)nc2c1. The van der Waals surface area contributed by atoms with Crippen LogP contribution in [0, 0.1) is 0 Å². The number of hydrogen-bond donors (Lipinski definition) is 1. The van der Waals surface area contributed by atoms with E-state index >= 15 is 0 Å². The number of aromatic nitrogens is 1. The van der Waals surface area contributed by atoms with Crippen molar-refractivity contribution in [1.29, 1.82) is 0 Å². The molecule has 1 aromatic heterocycles. The van der Waals surface area contributed by atoms with E-state index in [1.807, 2.05) is 36.4 Å². The van der Waals surface area contributed by atoms with Crippen LogP contribution < -0.4 is 10.1 Å². The predicted octanol–water partition coefficient (Wildman–Crippen LogP) is 6.27. The lowest BCUT2D eigenvalue weighted by Crippen LogP contribution is -2.12. The summed E-state index contributed by atoms with van der Waals surface area (Å²) in [5.74, 6) is 1.36. The van der Waals surface area contributed by atoms with Crippen molar-refractivity contribution in [2.24, 2.45) is 0 Å². The van der Waals surface area contributed by atoms with Crippen molar-refractivity contribution >= 4 is 22.7 Å². The van der Waals surface area contributed by atoms with E-state index in [1.165, 1.54) is 5.56 Å². The Balaban J connectivity index is 1.54. The van der Waals surface area contributed by atoms with Crippen LogP contribution in [0.5, 0.6) is 5.75 Å². The Hall–Kier alpha value is -3.60. The minimum atomic E-state index is -0.223. The van der Waals surface area contributed by atoms with E-state index in [-0.39, 0.29) is 5.91 Å². The van der Waals surface area contributed by atoms with Gasteiger partial charge in [-0.3, -0.25) is 4.79 Å². The van der Waals surface area contributed by atoms with Crippen LogP contribution in [0.4, 0.5) is 5.69 Å². The highest BCUT2D eigenvalue weighted by molar-refractivity contribution is 6.06. The zero-order valence-electron chi connectivity index (χ0n) is 17.3. The molecule has 1 N–H and O–H groups in total. The molecule has 0 spiro atoms. The average molecular weight is 400 g/mol. The highest BCUT2D eigenvalue weighted by Gasteiger charge is 2.13. The van der Waals surface area contributed by atoms with E-state index in [9.17, 15) is 4.79 Å². The summed E-state index contributed by atoms with van der Waals surface area (Å²) in [6, 6.07) is 20.7. The van der Waals surface area contributed by atoms with Gasteiger partial charge >= 0.3 is 0 Å². The third-order valence-corrected chi connectivity index (χ3v) is 5.33. The number of ether oxygens (including phenoxy) is 1. The van der Waals surface area contributed by atoms with Crippen molar-refractivity contribution < 1.29 is 13.9 Å². The molecule has 0 aliphatic heterocycles. The maximum atomic E-state index is 12.6. The third kappa shape index (κ3) is 3.92. The summed E-state index contributed by atoms with van der Waals surface area (Å²) < 4.78 is 11.2. The molecule has 0 saturated heterocycles. The monoisotopic (exact) mass is 400 g/mol. The molecule has 30 heavy (non-hydrogen) atoms. The number of amides is 1. The molecule has 0 radical (unpaired) electrons. The van der Waals surface area contributed by atoms with Gasteiger partial charge in [0.2, 0.25) is 5.89 Å². The molecule has 0 saturated carbocycles. The second kappa shape index (κ2) is 8.41. The van der Waals surface area contributed by atoms with Gasteiger partial charge in [-0.15, -0.1) is 0 Å². The second-order valence-electron chi connectivity index (χ2n) is 7.29. The van der Waals surface area contributed by atoms with E-state index in [1.54, 1.807) is 25.3 Å². The van der Waals surface area contributed by atoms with E-state index < -0.39 is 0 Å². The molecule has 4 rings (SSSR count). The van der Waals surface area contributed by atoms with Crippen molar-refractivity contribution in [3.05, 3.63) is 77.9 Å². The van der Waals surface area contributed by atoms with Gasteiger partial charge in [0.05, 0.1) is 12.7 Å². The summed E-state index contributed by atoms with van der Waals surface area (Å²) in [6.45, 7) is 4.39. The zero-order chi connectivity index (χ0) is 21.1. The Kier molecular flexibility index (Phi) is 5.53. The lowest BCUT2D eigenvalue weighted by atomic mass is 9.98. The predicted molar refractivity (Wildman–Crippen MR) is 119 cm³/mol. The second-order valence-corrected chi connectivity index (χ2v) is 7.29. The van der Waals surface area contributed by atoms with Crippen molar-refractivity contribution in [1.82, 2.24) is 4.98 Å². The molecule has 152 valence electrons. The highest BCUT2D eigenvalue weighted by Crippen LogP contribution is 2.29. The van der Waals surface area contributed by atoms with Crippen LogP contribution in [0.1, 0.15) is 42.1 Å². The van der Waals surface area contributed by atoms with Crippen molar-refractivity contribution in [3.8, 4) is 17.2 Å². The summed E-state index contributed by atoms with van der Waals surface area (Å²) in [7, 11) is 1.55. The summed E-state index contributed by atoms with van der Waals surface area (Å²) in [6.07, 6.45) is 1.08. The fourth-order valence-electron chi connectivity index (χ4n) is 3.34. The Morgan fingerprint density at radius 3 is 2.60 bits per heavy atom. The number of carbonyl (C=O) groups is 1. The first-order chi connectivity index (χ1) is 14.6. The summed E-state index contributed by atoms with van der Waals surface area (Å²) in [5.41, 5.74) is 4.91. The van der Waals surface area contributed by atoms with Crippen LogP contribution in [0.3, 0.4) is 0 Å². The molecule has 1 heterocycles. The number of nitrogens with one attached hydrogen (secondary N) is 1. The molecule has 0 aliphatic carbocycles. The molecular formula is C25H24N2O3. The van der Waals surface area contributed by atoms with Gasteiger partial charge in [-0.05, 0) is 66.4 Å². The molecule has 0 bridgehead atoms. The van der Waals surface area contributed by atoms with Crippen LogP contribution in [0.2, 0.25) is 0 Å². The Labute approximate surface area is 175 Å².